The fourth-order valence-corrected chi connectivity index (χ4v) is 2.95. The third kappa shape index (κ3) is 3.45. The highest BCUT2D eigenvalue weighted by Crippen LogP contribution is 2.27. The maximum atomic E-state index is 13.1. The van der Waals surface area contributed by atoms with Gasteiger partial charge in [-0.05, 0) is 36.5 Å². The minimum absolute atomic E-state index is 0.00230. The van der Waals surface area contributed by atoms with Gasteiger partial charge >= 0.3 is 0 Å². The quantitative estimate of drug-likeness (QED) is 0.857. The average Bonchev–Trinajstić information content (AvgIpc) is 2.35. The van der Waals surface area contributed by atoms with Gasteiger partial charge in [-0.1, -0.05) is 26.2 Å². The lowest BCUT2D eigenvalue weighted by Gasteiger charge is -2.31. The van der Waals surface area contributed by atoms with Gasteiger partial charge in [-0.3, -0.25) is 0 Å². The fraction of sp³-hybridized carbons (Fsp3) is 0.600. The molecular formula is C15H22FNO. The Morgan fingerprint density at radius 2 is 2.06 bits per heavy atom. The standard InChI is InChI=1S/C15H22FNO/c1-2-12-5-3-4-6-15(12)17-10-11-7-13(16)9-14(18)8-11/h7-9,12,15,17-18H,2-6,10H2,1H3. The first-order chi connectivity index (χ1) is 8.69. The summed E-state index contributed by atoms with van der Waals surface area (Å²) in [5.74, 6) is 0.367. The molecule has 3 heteroatoms. The lowest BCUT2D eigenvalue weighted by molar-refractivity contribution is 0.254. The first-order valence-corrected chi connectivity index (χ1v) is 6.91. The van der Waals surface area contributed by atoms with E-state index in [9.17, 15) is 9.50 Å². The maximum absolute atomic E-state index is 13.1. The molecule has 1 saturated carbocycles. The van der Waals surface area contributed by atoms with Crippen molar-refractivity contribution in [1.29, 1.82) is 0 Å². The van der Waals surface area contributed by atoms with Crippen LogP contribution in [0.4, 0.5) is 4.39 Å². The van der Waals surface area contributed by atoms with Crippen molar-refractivity contribution in [3.05, 3.63) is 29.6 Å². The van der Waals surface area contributed by atoms with E-state index in [2.05, 4.69) is 12.2 Å². The van der Waals surface area contributed by atoms with Gasteiger partial charge in [0.05, 0.1) is 0 Å². The normalized spacial score (nSPS) is 24.1. The molecule has 0 heterocycles. The third-order valence-corrected chi connectivity index (χ3v) is 3.94. The summed E-state index contributed by atoms with van der Waals surface area (Å²) in [6.07, 6.45) is 6.31. The third-order valence-electron chi connectivity index (χ3n) is 3.94. The Kier molecular flexibility index (Phi) is 4.59. The summed E-state index contributed by atoms with van der Waals surface area (Å²) in [6, 6.07) is 4.78. The van der Waals surface area contributed by atoms with Crippen LogP contribution in [0, 0.1) is 11.7 Å². The van der Waals surface area contributed by atoms with Gasteiger partial charge in [-0.15, -0.1) is 0 Å². The Hall–Kier alpha value is -1.09. The molecule has 2 N–H and O–H groups in total. The molecule has 2 unspecified atom stereocenters. The number of rotatable bonds is 4. The molecule has 0 aromatic heterocycles. The molecule has 2 atom stereocenters. The molecule has 1 aromatic rings. The van der Waals surface area contributed by atoms with Gasteiger partial charge in [-0.25, -0.2) is 4.39 Å². The number of phenolic OH excluding ortho intramolecular Hbond substituents is 1. The van der Waals surface area contributed by atoms with Gasteiger partial charge < -0.3 is 10.4 Å². The van der Waals surface area contributed by atoms with E-state index in [4.69, 9.17) is 0 Å². The Labute approximate surface area is 108 Å². The van der Waals surface area contributed by atoms with E-state index in [1.807, 2.05) is 0 Å². The predicted octanol–water partition coefficient (Wildman–Crippen LogP) is 3.59. The van der Waals surface area contributed by atoms with Gasteiger partial charge in [0.2, 0.25) is 0 Å². The zero-order chi connectivity index (χ0) is 13.0. The van der Waals surface area contributed by atoms with Crippen molar-refractivity contribution < 1.29 is 9.50 Å². The van der Waals surface area contributed by atoms with Crippen LogP contribution in [-0.4, -0.2) is 11.1 Å². The van der Waals surface area contributed by atoms with Crippen LogP contribution in [0.25, 0.3) is 0 Å². The molecular weight excluding hydrogens is 229 g/mol. The van der Waals surface area contributed by atoms with Crippen LogP contribution in [0.1, 0.15) is 44.6 Å². The van der Waals surface area contributed by atoms with E-state index in [0.29, 0.717) is 12.6 Å². The van der Waals surface area contributed by atoms with Crippen molar-refractivity contribution in [2.75, 3.05) is 0 Å². The van der Waals surface area contributed by atoms with Gasteiger partial charge in [0.15, 0.2) is 0 Å². The SMILES string of the molecule is CCC1CCCCC1NCc1cc(O)cc(F)c1. The Morgan fingerprint density at radius 1 is 1.28 bits per heavy atom. The molecule has 1 aromatic carbocycles. The molecule has 2 nitrogen and oxygen atoms in total. The van der Waals surface area contributed by atoms with Crippen LogP contribution in [0.3, 0.4) is 0 Å². The second kappa shape index (κ2) is 6.19. The maximum Gasteiger partial charge on any atom is 0.127 e. The zero-order valence-corrected chi connectivity index (χ0v) is 11.0. The Balaban J connectivity index is 1.93. The number of halogens is 1. The molecule has 2 rings (SSSR count). The molecule has 0 bridgehead atoms. The summed E-state index contributed by atoms with van der Waals surface area (Å²) in [5, 5.41) is 12.9. The predicted molar refractivity (Wildman–Crippen MR) is 70.9 cm³/mol. The van der Waals surface area contributed by atoms with Gasteiger partial charge in [0.25, 0.3) is 0 Å². The smallest absolute Gasteiger partial charge is 0.127 e. The fourth-order valence-electron chi connectivity index (χ4n) is 2.95. The summed E-state index contributed by atoms with van der Waals surface area (Å²) in [7, 11) is 0. The lowest BCUT2D eigenvalue weighted by atomic mass is 9.83. The summed E-state index contributed by atoms with van der Waals surface area (Å²) in [4.78, 5) is 0. The molecule has 0 aliphatic heterocycles. The molecule has 18 heavy (non-hydrogen) atoms. The average molecular weight is 251 g/mol. The van der Waals surface area contributed by atoms with Crippen molar-refractivity contribution in [3.8, 4) is 5.75 Å². The molecule has 1 aliphatic rings. The number of benzene rings is 1. The van der Waals surface area contributed by atoms with Gasteiger partial charge in [0, 0.05) is 18.7 Å². The summed E-state index contributed by atoms with van der Waals surface area (Å²) < 4.78 is 13.1. The summed E-state index contributed by atoms with van der Waals surface area (Å²) >= 11 is 0. The lowest BCUT2D eigenvalue weighted by Crippen LogP contribution is -2.37. The molecule has 0 amide bonds. The molecule has 0 spiro atoms. The second-order valence-corrected chi connectivity index (χ2v) is 5.26. The number of phenols is 1. The van der Waals surface area contributed by atoms with Crippen LogP contribution >= 0.6 is 0 Å². The minimum atomic E-state index is -0.373. The molecule has 100 valence electrons. The van der Waals surface area contributed by atoms with Gasteiger partial charge in [0.1, 0.15) is 11.6 Å². The molecule has 0 saturated heterocycles. The number of aromatic hydroxyl groups is 1. The number of hydrogen-bond acceptors (Lipinski definition) is 2. The molecule has 1 fully saturated rings. The van der Waals surface area contributed by atoms with E-state index in [-0.39, 0.29) is 11.6 Å². The van der Waals surface area contributed by atoms with Crippen molar-refractivity contribution in [1.82, 2.24) is 5.32 Å². The monoisotopic (exact) mass is 251 g/mol. The minimum Gasteiger partial charge on any atom is -0.508 e. The summed E-state index contributed by atoms with van der Waals surface area (Å²) in [6.45, 7) is 2.87. The highest BCUT2D eigenvalue weighted by Gasteiger charge is 2.22. The highest BCUT2D eigenvalue weighted by atomic mass is 19.1. The number of hydrogen-bond donors (Lipinski definition) is 2. The largest absolute Gasteiger partial charge is 0.508 e. The van der Waals surface area contributed by atoms with E-state index in [0.717, 1.165) is 17.5 Å². The Morgan fingerprint density at radius 3 is 2.78 bits per heavy atom. The van der Waals surface area contributed by atoms with Crippen molar-refractivity contribution in [2.24, 2.45) is 5.92 Å². The number of nitrogens with one attached hydrogen (secondary N) is 1. The zero-order valence-electron chi connectivity index (χ0n) is 11.0. The van der Waals surface area contributed by atoms with E-state index in [1.54, 1.807) is 6.07 Å². The van der Waals surface area contributed by atoms with Gasteiger partial charge in [-0.2, -0.15) is 0 Å². The molecule has 1 aliphatic carbocycles. The summed E-state index contributed by atoms with van der Waals surface area (Å²) in [5.41, 5.74) is 0.813. The van der Waals surface area contributed by atoms with Crippen LogP contribution < -0.4 is 5.32 Å². The topological polar surface area (TPSA) is 32.3 Å². The van der Waals surface area contributed by atoms with Crippen LogP contribution in [0.5, 0.6) is 5.75 Å². The van der Waals surface area contributed by atoms with Crippen LogP contribution in [0.2, 0.25) is 0 Å². The molecule has 0 radical (unpaired) electrons. The van der Waals surface area contributed by atoms with Crippen LogP contribution in [-0.2, 0) is 6.54 Å². The highest BCUT2D eigenvalue weighted by molar-refractivity contribution is 5.28. The van der Waals surface area contributed by atoms with Crippen molar-refractivity contribution in [3.63, 3.8) is 0 Å². The van der Waals surface area contributed by atoms with Crippen LogP contribution in [0.15, 0.2) is 18.2 Å². The first-order valence-electron chi connectivity index (χ1n) is 6.91. The van der Waals surface area contributed by atoms with E-state index < -0.39 is 0 Å². The van der Waals surface area contributed by atoms with E-state index >= 15 is 0 Å². The first kappa shape index (κ1) is 13.3. The van der Waals surface area contributed by atoms with Crippen molar-refractivity contribution in [2.45, 2.75) is 51.6 Å². The van der Waals surface area contributed by atoms with Crippen molar-refractivity contribution >= 4 is 0 Å². The van der Waals surface area contributed by atoms with E-state index in [1.165, 1.54) is 38.2 Å². The second-order valence-electron chi connectivity index (χ2n) is 5.26. The Bertz CT molecular complexity index is 374.